The van der Waals surface area contributed by atoms with Crippen LogP contribution in [0.3, 0.4) is 0 Å². The van der Waals surface area contributed by atoms with E-state index in [1.54, 1.807) is 0 Å². The fourth-order valence-electron chi connectivity index (χ4n) is 4.98. The fraction of sp³-hybridized carbons (Fsp3) is 0.795. The van der Waals surface area contributed by atoms with E-state index in [9.17, 15) is 43.8 Å². The number of carbonyl (C=O) groups excluding carboxylic acids is 2. The van der Waals surface area contributed by atoms with Gasteiger partial charge in [0.05, 0.1) is 26.4 Å². The number of aliphatic hydroxyl groups excluding tert-OH is 3. The molecule has 5 atom stereocenters. The van der Waals surface area contributed by atoms with E-state index in [0.717, 1.165) is 57.8 Å². The van der Waals surface area contributed by atoms with Crippen molar-refractivity contribution in [2.45, 2.75) is 161 Å². The molecule has 0 radical (unpaired) electrons. The molecule has 0 aromatic heterocycles. The SMILES string of the molecule is CC/C=C/C=C/C=C\CCCCCCCC(=O)OCC(O)COP(=O)(O)OCC(O)COP(=O)(O)OCC(O)COC(=O)CCCCCCCCCCCCC. The van der Waals surface area contributed by atoms with Crippen LogP contribution in [0.15, 0.2) is 36.5 Å². The predicted molar refractivity (Wildman–Crippen MR) is 215 cm³/mol. The number of esters is 2. The topological polar surface area (TPSA) is 225 Å². The van der Waals surface area contributed by atoms with Gasteiger partial charge in [-0.3, -0.25) is 27.7 Å². The van der Waals surface area contributed by atoms with Crippen LogP contribution in [0.4, 0.5) is 0 Å². The van der Waals surface area contributed by atoms with Crippen molar-refractivity contribution in [2.24, 2.45) is 0 Å². The van der Waals surface area contributed by atoms with Gasteiger partial charge in [0.2, 0.25) is 0 Å². The van der Waals surface area contributed by atoms with Crippen LogP contribution in [0.2, 0.25) is 0 Å². The third-order valence-corrected chi connectivity index (χ3v) is 10.1. The Balaban J connectivity index is 3.97. The molecule has 0 saturated carbocycles. The summed E-state index contributed by atoms with van der Waals surface area (Å²) in [7, 11) is -9.56. The molecule has 0 bridgehead atoms. The number of hydrogen-bond acceptors (Lipinski definition) is 13. The Labute approximate surface area is 335 Å². The highest BCUT2D eigenvalue weighted by molar-refractivity contribution is 7.47. The smallest absolute Gasteiger partial charge is 0.463 e. The Morgan fingerprint density at radius 3 is 1.21 bits per heavy atom. The van der Waals surface area contributed by atoms with Gasteiger partial charge in [0.1, 0.15) is 31.5 Å². The van der Waals surface area contributed by atoms with Gasteiger partial charge >= 0.3 is 27.6 Å². The van der Waals surface area contributed by atoms with Crippen molar-refractivity contribution in [3.63, 3.8) is 0 Å². The van der Waals surface area contributed by atoms with Crippen molar-refractivity contribution >= 4 is 27.6 Å². The second-order valence-corrected chi connectivity index (χ2v) is 16.6. The maximum atomic E-state index is 12.1. The minimum absolute atomic E-state index is 0.173. The predicted octanol–water partition coefficient (Wildman–Crippen LogP) is 7.93. The largest absolute Gasteiger partial charge is 0.472 e. The molecule has 56 heavy (non-hydrogen) atoms. The van der Waals surface area contributed by atoms with Crippen LogP contribution in [0.25, 0.3) is 0 Å². The highest BCUT2D eigenvalue weighted by atomic mass is 31.2. The molecule has 0 aromatic rings. The summed E-state index contributed by atoms with van der Waals surface area (Å²) in [6, 6.07) is 0. The summed E-state index contributed by atoms with van der Waals surface area (Å²) in [6.07, 6.45) is 27.3. The third kappa shape index (κ3) is 37.8. The van der Waals surface area contributed by atoms with E-state index in [0.29, 0.717) is 12.8 Å². The fourth-order valence-corrected chi connectivity index (χ4v) is 6.57. The van der Waals surface area contributed by atoms with Gasteiger partial charge in [-0.25, -0.2) is 9.13 Å². The van der Waals surface area contributed by atoms with Crippen molar-refractivity contribution in [3.05, 3.63) is 36.5 Å². The average molecular weight is 843 g/mol. The number of unbranched alkanes of at least 4 members (excludes halogenated alkanes) is 15. The summed E-state index contributed by atoms with van der Waals surface area (Å²) in [6.45, 7) is 0.222. The first kappa shape index (κ1) is 54.3. The maximum absolute atomic E-state index is 12.1. The van der Waals surface area contributed by atoms with Crippen LogP contribution < -0.4 is 0 Å². The molecule has 0 saturated heterocycles. The molecule has 0 aromatic carbocycles. The lowest BCUT2D eigenvalue weighted by Crippen LogP contribution is -2.25. The third-order valence-electron chi connectivity index (χ3n) is 8.17. The van der Waals surface area contributed by atoms with Gasteiger partial charge in [-0.15, -0.1) is 0 Å². The molecule has 17 heteroatoms. The number of aliphatic hydroxyl groups is 3. The summed E-state index contributed by atoms with van der Waals surface area (Å²) in [5, 5.41) is 29.9. The minimum Gasteiger partial charge on any atom is -0.463 e. The molecule has 0 rings (SSSR count). The zero-order valence-electron chi connectivity index (χ0n) is 33.8. The number of ether oxygens (including phenoxy) is 2. The zero-order valence-corrected chi connectivity index (χ0v) is 35.6. The van der Waals surface area contributed by atoms with Gasteiger partial charge < -0.3 is 34.6 Å². The first-order valence-corrected chi connectivity index (χ1v) is 23.4. The molecule has 0 heterocycles. The molecule has 0 fully saturated rings. The summed E-state index contributed by atoms with van der Waals surface area (Å²) < 4.78 is 52.7. The van der Waals surface area contributed by atoms with E-state index < -0.39 is 85.5 Å². The van der Waals surface area contributed by atoms with E-state index >= 15 is 0 Å². The number of rotatable bonds is 39. The first-order valence-electron chi connectivity index (χ1n) is 20.4. The van der Waals surface area contributed by atoms with Crippen LogP contribution in [-0.2, 0) is 46.3 Å². The Hall–Kier alpha value is -1.74. The van der Waals surface area contributed by atoms with Crippen LogP contribution in [0.5, 0.6) is 0 Å². The molecule has 0 aliphatic carbocycles. The van der Waals surface area contributed by atoms with E-state index in [4.69, 9.17) is 9.47 Å². The van der Waals surface area contributed by atoms with E-state index in [-0.39, 0.29) is 12.8 Å². The summed E-state index contributed by atoms with van der Waals surface area (Å²) in [4.78, 5) is 43.5. The van der Waals surface area contributed by atoms with Crippen molar-refractivity contribution in [1.29, 1.82) is 0 Å². The lowest BCUT2D eigenvalue weighted by atomic mass is 10.1. The zero-order chi connectivity index (χ0) is 41.8. The Bertz CT molecular complexity index is 1160. The summed E-state index contributed by atoms with van der Waals surface area (Å²) >= 11 is 0. The summed E-state index contributed by atoms with van der Waals surface area (Å²) in [5.41, 5.74) is 0. The van der Waals surface area contributed by atoms with Crippen molar-refractivity contribution in [1.82, 2.24) is 0 Å². The molecule has 5 unspecified atom stereocenters. The van der Waals surface area contributed by atoms with Gasteiger partial charge in [0.25, 0.3) is 0 Å². The Morgan fingerprint density at radius 2 is 0.821 bits per heavy atom. The molecule has 15 nitrogen and oxygen atoms in total. The number of hydrogen-bond donors (Lipinski definition) is 5. The van der Waals surface area contributed by atoms with Gasteiger partial charge in [0, 0.05) is 12.8 Å². The number of phosphoric acid groups is 2. The highest BCUT2D eigenvalue weighted by Crippen LogP contribution is 2.45. The lowest BCUT2D eigenvalue weighted by Gasteiger charge is -2.19. The van der Waals surface area contributed by atoms with Crippen molar-refractivity contribution < 1.29 is 71.4 Å². The minimum atomic E-state index is -4.78. The number of carbonyl (C=O) groups is 2. The summed E-state index contributed by atoms with van der Waals surface area (Å²) in [5.74, 6) is -1.02. The molecular weight excluding hydrogens is 770 g/mol. The molecule has 0 amide bonds. The average Bonchev–Trinajstić information content (AvgIpc) is 3.17. The second-order valence-electron chi connectivity index (χ2n) is 13.7. The molecule has 0 aliphatic heterocycles. The van der Waals surface area contributed by atoms with Crippen LogP contribution in [0.1, 0.15) is 142 Å². The van der Waals surface area contributed by atoms with Crippen LogP contribution >= 0.6 is 15.6 Å². The molecule has 5 N–H and O–H groups in total. The van der Waals surface area contributed by atoms with Gasteiger partial charge in [0.15, 0.2) is 0 Å². The van der Waals surface area contributed by atoms with Gasteiger partial charge in [-0.1, -0.05) is 134 Å². The number of phosphoric ester groups is 2. The van der Waals surface area contributed by atoms with E-state index in [1.807, 2.05) is 24.3 Å². The Morgan fingerprint density at radius 1 is 0.482 bits per heavy atom. The van der Waals surface area contributed by atoms with Crippen LogP contribution in [-0.4, -0.2) is 95.0 Å². The molecular formula is C39H72O15P2. The lowest BCUT2D eigenvalue weighted by molar-refractivity contribution is -0.148. The van der Waals surface area contributed by atoms with E-state index in [2.05, 4.69) is 44.1 Å². The first-order chi connectivity index (χ1) is 26.8. The maximum Gasteiger partial charge on any atom is 0.472 e. The van der Waals surface area contributed by atoms with Crippen molar-refractivity contribution in [2.75, 3.05) is 39.6 Å². The normalized spacial score (nSPS) is 15.9. The van der Waals surface area contributed by atoms with E-state index in [1.165, 1.54) is 44.9 Å². The highest BCUT2D eigenvalue weighted by Gasteiger charge is 2.28. The van der Waals surface area contributed by atoms with Gasteiger partial charge in [-0.05, 0) is 32.1 Å². The van der Waals surface area contributed by atoms with Crippen LogP contribution in [0, 0.1) is 0 Å². The molecule has 0 aliphatic rings. The molecule has 0 spiro atoms. The van der Waals surface area contributed by atoms with Gasteiger partial charge in [-0.2, -0.15) is 0 Å². The Kier molecular flexibility index (Phi) is 35.2. The monoisotopic (exact) mass is 842 g/mol. The standard InChI is InChI=1S/C39H72O15P2/c1-3-5-7-9-11-13-15-16-18-20-22-24-26-28-39(44)50-30-36(41)32-52-56(47,48)54-34-37(42)33-53-55(45,46)51-31-35(40)29-49-38(43)27-25-23-21-19-17-14-12-10-8-6-4-2/h5,7,9,11,13,15,35-37,40-42H,3-4,6,8,10,12,14,16-34H2,1-2H3,(H,45,46)(H,47,48)/b7-5+,11-9+,15-13-. The second kappa shape index (κ2) is 36.3. The van der Waals surface area contributed by atoms with Crippen molar-refractivity contribution in [3.8, 4) is 0 Å². The quantitative estimate of drug-likeness (QED) is 0.0171. The molecule has 328 valence electrons. The number of allylic oxidation sites excluding steroid dienone is 6.